The second kappa shape index (κ2) is 8.79. The number of hydrogen-bond donors (Lipinski definition) is 1. The van der Waals surface area contributed by atoms with Crippen LogP contribution < -0.4 is 5.14 Å². The van der Waals surface area contributed by atoms with E-state index in [0.717, 1.165) is 41.7 Å². The molecule has 8 nitrogen and oxygen atoms in total. The van der Waals surface area contributed by atoms with Gasteiger partial charge in [-0.25, -0.2) is 22.6 Å². The molecule has 0 amide bonds. The van der Waals surface area contributed by atoms with Crippen LogP contribution in [0.25, 0.3) is 5.69 Å². The molecule has 2 fully saturated rings. The van der Waals surface area contributed by atoms with Gasteiger partial charge in [-0.15, -0.1) is 0 Å². The minimum atomic E-state index is -4.01. The Labute approximate surface area is 204 Å². The number of likely N-dealkylation sites (tertiary alicyclic amines) is 1. The van der Waals surface area contributed by atoms with E-state index in [9.17, 15) is 8.42 Å². The molecule has 0 spiro atoms. The van der Waals surface area contributed by atoms with E-state index in [-0.39, 0.29) is 22.8 Å². The number of fused-ring (bicyclic) bond motifs is 1. The van der Waals surface area contributed by atoms with Gasteiger partial charge in [0, 0.05) is 31.7 Å². The number of halogens is 1. The molecule has 0 bridgehead atoms. The van der Waals surface area contributed by atoms with Gasteiger partial charge in [-0.2, -0.15) is 5.10 Å². The van der Waals surface area contributed by atoms with Crippen LogP contribution in [0, 0.1) is 12.7 Å². The summed E-state index contributed by atoms with van der Waals surface area (Å²) in [5.74, 6) is -1.28. The van der Waals surface area contributed by atoms with E-state index in [4.69, 9.17) is 19.7 Å². The highest BCUT2D eigenvalue weighted by molar-refractivity contribution is 7.89. The number of nitrogens with zero attached hydrogens (tertiary/aromatic N) is 3. The number of aromatic nitrogens is 2. The van der Waals surface area contributed by atoms with E-state index in [1.54, 1.807) is 4.68 Å². The van der Waals surface area contributed by atoms with Crippen molar-refractivity contribution in [3.63, 3.8) is 0 Å². The van der Waals surface area contributed by atoms with E-state index in [1.165, 1.54) is 12.1 Å². The zero-order chi connectivity index (χ0) is 25.0. The van der Waals surface area contributed by atoms with Gasteiger partial charge >= 0.3 is 0 Å². The Morgan fingerprint density at radius 1 is 1.11 bits per heavy atom. The first kappa shape index (κ1) is 24.1. The van der Waals surface area contributed by atoms with Gasteiger partial charge in [0.25, 0.3) is 0 Å². The molecule has 35 heavy (non-hydrogen) atoms. The number of benzene rings is 2. The van der Waals surface area contributed by atoms with E-state index in [1.807, 2.05) is 45.0 Å². The largest absolute Gasteiger partial charge is 0.343 e. The van der Waals surface area contributed by atoms with Gasteiger partial charge in [0.1, 0.15) is 23.7 Å². The average molecular weight is 501 g/mol. The van der Waals surface area contributed by atoms with E-state index < -0.39 is 21.6 Å². The Bertz CT molecular complexity index is 1360. The summed E-state index contributed by atoms with van der Waals surface area (Å²) in [6, 6.07) is 13.7. The molecule has 186 valence electrons. The Kier molecular flexibility index (Phi) is 6.05. The zero-order valence-electron chi connectivity index (χ0n) is 19.9. The first-order chi connectivity index (χ1) is 16.5. The van der Waals surface area contributed by atoms with Gasteiger partial charge in [0.2, 0.25) is 10.0 Å². The minimum Gasteiger partial charge on any atom is -0.343 e. The highest BCUT2D eigenvalue weighted by Crippen LogP contribution is 2.33. The number of nitrogens with two attached hydrogens (primary N) is 1. The van der Waals surface area contributed by atoms with Crippen molar-refractivity contribution in [3.8, 4) is 5.69 Å². The van der Waals surface area contributed by atoms with E-state index in [2.05, 4.69) is 11.0 Å². The highest BCUT2D eigenvalue weighted by Gasteiger charge is 2.46. The zero-order valence-corrected chi connectivity index (χ0v) is 20.8. The summed E-state index contributed by atoms with van der Waals surface area (Å²) in [6.45, 7) is 7.88. The summed E-state index contributed by atoms with van der Waals surface area (Å²) in [4.78, 5) is 1.94. The predicted molar refractivity (Wildman–Crippen MR) is 128 cm³/mol. The Balaban J connectivity index is 1.45. The van der Waals surface area contributed by atoms with Crippen LogP contribution in [0.15, 0.2) is 53.4 Å². The number of hydrogen-bond acceptors (Lipinski definition) is 6. The molecule has 3 heterocycles. The molecule has 1 aromatic heterocycles. The molecule has 0 aliphatic carbocycles. The van der Waals surface area contributed by atoms with Crippen molar-refractivity contribution in [1.82, 2.24) is 14.7 Å². The van der Waals surface area contributed by atoms with E-state index in [0.29, 0.717) is 13.0 Å². The normalized spacial score (nSPS) is 22.0. The molecule has 2 N–H and O–H groups in total. The second-order valence-corrected chi connectivity index (χ2v) is 11.3. The predicted octanol–water partition coefficient (Wildman–Crippen LogP) is 2.89. The third-order valence-electron chi connectivity index (χ3n) is 6.32. The lowest BCUT2D eigenvalue weighted by Crippen LogP contribution is -2.29. The van der Waals surface area contributed by atoms with Gasteiger partial charge in [-0.05, 0) is 50.6 Å². The number of aryl methyl sites for hydroxylation is 1. The lowest BCUT2D eigenvalue weighted by molar-refractivity contribution is -0.155. The molecule has 0 saturated carbocycles. The third kappa shape index (κ3) is 5.17. The molecule has 3 aromatic rings. The molecule has 5 rings (SSSR count). The first-order valence-electron chi connectivity index (χ1n) is 11.5. The van der Waals surface area contributed by atoms with Crippen LogP contribution in [0.2, 0.25) is 0 Å². The molecule has 2 aromatic carbocycles. The fraction of sp³-hybridized carbons (Fsp3) is 0.400. The number of ether oxygens (including phenoxy) is 2. The topological polar surface area (TPSA) is 99.7 Å². The standard InChI is InChI=1S/C25H29FN4O4S/c1-16-5-4-6-17(9-16)10-19-11-18(13-29-14-23-24(15-29)34-25(2,3)33-23)28-30(19)22-8-7-20(12-21(22)26)35(27,31)32/h4-9,11-12,23-24H,10,13-15H2,1-3H3,(H2,27,31,32). The smallest absolute Gasteiger partial charge is 0.238 e. The van der Waals surface area contributed by atoms with Crippen molar-refractivity contribution in [2.24, 2.45) is 5.14 Å². The second-order valence-electron chi connectivity index (χ2n) is 9.77. The molecule has 2 atom stereocenters. The van der Waals surface area contributed by atoms with Crippen LogP contribution >= 0.6 is 0 Å². The van der Waals surface area contributed by atoms with Gasteiger partial charge in [0.15, 0.2) is 5.79 Å². The van der Waals surface area contributed by atoms with Crippen LogP contribution in [0.1, 0.15) is 36.4 Å². The van der Waals surface area contributed by atoms with Gasteiger partial charge < -0.3 is 9.47 Å². The summed E-state index contributed by atoms with van der Waals surface area (Å²) in [5, 5.41) is 9.88. The van der Waals surface area contributed by atoms with Gasteiger partial charge in [0.05, 0.1) is 10.6 Å². The van der Waals surface area contributed by atoms with Crippen molar-refractivity contribution in [2.75, 3.05) is 13.1 Å². The maximum absolute atomic E-state index is 15.1. The summed E-state index contributed by atoms with van der Waals surface area (Å²) >= 11 is 0. The fourth-order valence-corrected chi connectivity index (χ4v) is 5.44. The first-order valence-corrected chi connectivity index (χ1v) is 13.1. The van der Waals surface area contributed by atoms with Crippen molar-refractivity contribution < 1.29 is 22.3 Å². The lowest BCUT2D eigenvalue weighted by Gasteiger charge is -2.22. The molecule has 2 aliphatic rings. The molecule has 2 unspecified atom stereocenters. The molecule has 2 saturated heterocycles. The van der Waals surface area contributed by atoms with Crippen LogP contribution in [0.5, 0.6) is 0 Å². The van der Waals surface area contributed by atoms with Gasteiger partial charge in [-0.3, -0.25) is 4.90 Å². The maximum atomic E-state index is 15.1. The molecule has 10 heteroatoms. The van der Waals surface area contributed by atoms with Crippen LogP contribution in [0.3, 0.4) is 0 Å². The summed E-state index contributed by atoms with van der Waals surface area (Å²) in [7, 11) is -4.01. The molecule has 0 radical (unpaired) electrons. The van der Waals surface area contributed by atoms with Crippen LogP contribution in [0.4, 0.5) is 4.39 Å². The van der Waals surface area contributed by atoms with Gasteiger partial charge in [-0.1, -0.05) is 29.8 Å². The summed E-state index contributed by atoms with van der Waals surface area (Å²) < 4.78 is 51.9. The quantitative estimate of drug-likeness (QED) is 0.559. The van der Waals surface area contributed by atoms with Crippen molar-refractivity contribution in [1.29, 1.82) is 0 Å². The van der Waals surface area contributed by atoms with E-state index >= 15 is 4.39 Å². The van der Waals surface area contributed by atoms with Crippen molar-refractivity contribution in [3.05, 3.63) is 76.9 Å². The fourth-order valence-electron chi connectivity index (χ4n) is 4.91. The molecular weight excluding hydrogens is 471 g/mol. The van der Waals surface area contributed by atoms with Crippen LogP contribution in [-0.2, 0) is 32.5 Å². The third-order valence-corrected chi connectivity index (χ3v) is 7.24. The van der Waals surface area contributed by atoms with Crippen molar-refractivity contribution in [2.45, 2.75) is 56.6 Å². The summed E-state index contributed by atoms with van der Waals surface area (Å²) in [5.41, 5.74) is 3.93. The number of primary sulfonamides is 1. The van der Waals surface area contributed by atoms with Crippen molar-refractivity contribution >= 4 is 10.0 Å². The Morgan fingerprint density at radius 3 is 2.46 bits per heavy atom. The molecular formula is C25H29FN4O4S. The highest BCUT2D eigenvalue weighted by atomic mass is 32.2. The lowest BCUT2D eigenvalue weighted by atomic mass is 10.1. The number of rotatable bonds is 6. The minimum absolute atomic E-state index is 0.0158. The Hall–Kier alpha value is -2.63. The monoisotopic (exact) mass is 500 g/mol. The SMILES string of the molecule is Cc1cccc(Cc2cc(CN3CC4OC(C)(C)OC4C3)nn2-c2ccc(S(N)(=O)=O)cc2F)c1. The average Bonchev–Trinajstić information content (AvgIpc) is 3.37. The van der Waals surface area contributed by atoms with Crippen LogP contribution in [-0.4, -0.2) is 54.2 Å². The summed E-state index contributed by atoms with van der Waals surface area (Å²) in [6.07, 6.45) is 0.570. The maximum Gasteiger partial charge on any atom is 0.238 e. The molecule has 2 aliphatic heterocycles. The number of sulfonamides is 1. The Morgan fingerprint density at radius 2 is 1.83 bits per heavy atom.